The summed E-state index contributed by atoms with van der Waals surface area (Å²) < 4.78 is 0. The summed E-state index contributed by atoms with van der Waals surface area (Å²) in [5.74, 6) is 0.649. The van der Waals surface area contributed by atoms with E-state index < -0.39 is 0 Å². The molecule has 1 aromatic carbocycles. The lowest BCUT2D eigenvalue weighted by atomic mass is 10.1. The predicted molar refractivity (Wildman–Crippen MR) is 116 cm³/mol. The molecule has 6 heteroatoms. The molecule has 0 bridgehead atoms. The van der Waals surface area contributed by atoms with E-state index in [-0.39, 0.29) is 5.56 Å². The molecule has 0 saturated heterocycles. The smallest absolute Gasteiger partial charge is 0.255 e. The van der Waals surface area contributed by atoms with E-state index in [9.17, 15) is 4.79 Å². The number of nitrogens with zero attached hydrogens (tertiary/aromatic N) is 3. The molecule has 3 aromatic heterocycles. The number of pyridine rings is 1. The number of aromatic amines is 1. The number of rotatable bonds is 4. The Kier molecular flexibility index (Phi) is 4.79. The molecular weight excluding hydrogens is 380 g/mol. The van der Waals surface area contributed by atoms with Gasteiger partial charge in [0.2, 0.25) is 0 Å². The highest BCUT2D eigenvalue weighted by molar-refractivity contribution is 7.08. The van der Waals surface area contributed by atoms with Crippen LogP contribution in [-0.2, 0) is 19.5 Å². The molecule has 1 aliphatic rings. The third-order valence-electron chi connectivity index (χ3n) is 5.24. The topological polar surface area (TPSA) is 61.9 Å². The van der Waals surface area contributed by atoms with Gasteiger partial charge in [-0.05, 0) is 23.1 Å². The van der Waals surface area contributed by atoms with Crippen LogP contribution in [0.1, 0.15) is 16.8 Å². The van der Waals surface area contributed by atoms with Crippen LogP contribution in [0.3, 0.4) is 0 Å². The van der Waals surface area contributed by atoms with Crippen LogP contribution in [-0.4, -0.2) is 26.4 Å². The molecule has 1 aliphatic heterocycles. The first-order chi connectivity index (χ1) is 14.3. The summed E-state index contributed by atoms with van der Waals surface area (Å²) in [5, 5.41) is 4.16. The lowest BCUT2D eigenvalue weighted by Gasteiger charge is -2.27. The van der Waals surface area contributed by atoms with Gasteiger partial charge in [-0.1, -0.05) is 36.4 Å². The quantitative estimate of drug-likeness (QED) is 0.560. The van der Waals surface area contributed by atoms with Crippen LogP contribution in [0.25, 0.3) is 22.6 Å². The van der Waals surface area contributed by atoms with Crippen LogP contribution < -0.4 is 5.56 Å². The maximum absolute atomic E-state index is 12.7. The van der Waals surface area contributed by atoms with Crippen molar-refractivity contribution in [3.63, 3.8) is 0 Å². The van der Waals surface area contributed by atoms with Crippen molar-refractivity contribution in [2.45, 2.75) is 19.5 Å². The predicted octanol–water partition coefficient (Wildman–Crippen LogP) is 4.12. The van der Waals surface area contributed by atoms with E-state index in [4.69, 9.17) is 4.98 Å². The minimum Gasteiger partial charge on any atom is -0.306 e. The molecule has 4 heterocycles. The van der Waals surface area contributed by atoms with Gasteiger partial charge in [0.15, 0.2) is 0 Å². The van der Waals surface area contributed by atoms with Crippen molar-refractivity contribution in [2.75, 3.05) is 6.54 Å². The summed E-state index contributed by atoms with van der Waals surface area (Å²) in [4.78, 5) is 27.3. The molecule has 5 rings (SSSR count). The monoisotopic (exact) mass is 400 g/mol. The normalized spacial score (nSPS) is 13.9. The van der Waals surface area contributed by atoms with Crippen LogP contribution in [0.4, 0.5) is 0 Å². The Morgan fingerprint density at radius 3 is 2.72 bits per heavy atom. The highest BCUT2D eigenvalue weighted by Crippen LogP contribution is 2.22. The molecule has 0 atom stereocenters. The number of aromatic nitrogens is 3. The Bertz CT molecular complexity index is 1170. The van der Waals surface area contributed by atoms with Gasteiger partial charge in [-0.2, -0.15) is 11.3 Å². The van der Waals surface area contributed by atoms with E-state index >= 15 is 0 Å². The zero-order chi connectivity index (χ0) is 19.6. The van der Waals surface area contributed by atoms with Gasteiger partial charge >= 0.3 is 0 Å². The van der Waals surface area contributed by atoms with Gasteiger partial charge in [0, 0.05) is 48.8 Å². The summed E-state index contributed by atoms with van der Waals surface area (Å²) in [6.45, 7) is 2.26. The zero-order valence-electron chi connectivity index (χ0n) is 15.8. The number of hydrogen-bond donors (Lipinski definition) is 1. The number of thiophene rings is 1. The number of nitrogens with one attached hydrogen (secondary N) is 1. The minimum atomic E-state index is -0.0375. The third-order valence-corrected chi connectivity index (χ3v) is 5.93. The number of fused-ring (bicyclic) bond motifs is 1. The Morgan fingerprint density at radius 1 is 1.07 bits per heavy atom. The molecule has 0 unspecified atom stereocenters. The second-order valence-corrected chi connectivity index (χ2v) is 8.01. The van der Waals surface area contributed by atoms with Gasteiger partial charge in [0.25, 0.3) is 5.56 Å². The maximum Gasteiger partial charge on any atom is 0.255 e. The molecule has 0 saturated carbocycles. The van der Waals surface area contributed by atoms with Gasteiger partial charge in [-0.3, -0.25) is 14.7 Å². The van der Waals surface area contributed by atoms with Crippen LogP contribution in [0.15, 0.2) is 70.3 Å². The molecule has 0 radical (unpaired) electrons. The highest BCUT2D eigenvalue weighted by atomic mass is 32.1. The first kappa shape index (κ1) is 18.0. The van der Waals surface area contributed by atoms with E-state index in [0.717, 1.165) is 53.2 Å². The Labute approximate surface area is 172 Å². The van der Waals surface area contributed by atoms with E-state index in [2.05, 4.69) is 43.8 Å². The van der Waals surface area contributed by atoms with Gasteiger partial charge < -0.3 is 4.98 Å². The molecular formula is C23H20N4OS. The number of benzene rings is 1. The zero-order valence-corrected chi connectivity index (χ0v) is 16.7. The molecule has 1 N–H and O–H groups in total. The van der Waals surface area contributed by atoms with Crippen LogP contribution in [0, 0.1) is 0 Å². The number of H-pyrrole nitrogens is 1. The van der Waals surface area contributed by atoms with Crippen molar-refractivity contribution in [1.29, 1.82) is 0 Å². The van der Waals surface area contributed by atoms with Crippen LogP contribution >= 0.6 is 11.3 Å². The Hall–Kier alpha value is -3.09. The first-order valence-electron chi connectivity index (χ1n) is 9.63. The van der Waals surface area contributed by atoms with Crippen molar-refractivity contribution >= 4 is 11.3 Å². The number of hydrogen-bond acceptors (Lipinski definition) is 5. The molecule has 0 aliphatic carbocycles. The summed E-state index contributed by atoms with van der Waals surface area (Å²) in [6, 6.07) is 16.1. The molecule has 29 heavy (non-hydrogen) atoms. The van der Waals surface area contributed by atoms with E-state index in [1.54, 1.807) is 11.3 Å². The van der Waals surface area contributed by atoms with Crippen molar-refractivity contribution in [3.05, 3.63) is 92.7 Å². The van der Waals surface area contributed by atoms with Gasteiger partial charge in [-0.15, -0.1) is 0 Å². The molecule has 0 spiro atoms. The fourth-order valence-corrected chi connectivity index (χ4v) is 4.36. The SMILES string of the molecule is O=c1[nH]c(-c2ccccc2)nc2c1CN(Cc1ccc(-c3ccsc3)nc1)CC2. The van der Waals surface area contributed by atoms with Gasteiger partial charge in [0.1, 0.15) is 5.82 Å². The van der Waals surface area contributed by atoms with Crippen molar-refractivity contribution < 1.29 is 0 Å². The fraction of sp³-hybridized carbons (Fsp3) is 0.174. The maximum atomic E-state index is 12.7. The van der Waals surface area contributed by atoms with Gasteiger partial charge in [-0.25, -0.2) is 4.98 Å². The lowest BCUT2D eigenvalue weighted by molar-refractivity contribution is 0.241. The average Bonchev–Trinajstić information content (AvgIpc) is 3.30. The Morgan fingerprint density at radius 2 is 1.97 bits per heavy atom. The summed E-state index contributed by atoms with van der Waals surface area (Å²) in [7, 11) is 0. The highest BCUT2D eigenvalue weighted by Gasteiger charge is 2.21. The van der Waals surface area contributed by atoms with Crippen LogP contribution in [0.2, 0.25) is 0 Å². The van der Waals surface area contributed by atoms with E-state index in [0.29, 0.717) is 12.4 Å². The molecule has 5 nitrogen and oxygen atoms in total. The molecule has 0 fully saturated rings. The summed E-state index contributed by atoms with van der Waals surface area (Å²) in [6.07, 6.45) is 2.71. The van der Waals surface area contributed by atoms with Crippen molar-refractivity contribution in [3.8, 4) is 22.6 Å². The van der Waals surface area contributed by atoms with Crippen molar-refractivity contribution in [2.24, 2.45) is 0 Å². The van der Waals surface area contributed by atoms with Gasteiger partial charge in [0.05, 0.1) is 17.0 Å². The van der Waals surface area contributed by atoms with Crippen molar-refractivity contribution in [1.82, 2.24) is 19.9 Å². The minimum absolute atomic E-state index is 0.0375. The van der Waals surface area contributed by atoms with Crippen LogP contribution in [0.5, 0.6) is 0 Å². The summed E-state index contributed by atoms with van der Waals surface area (Å²) >= 11 is 1.67. The molecule has 0 amide bonds. The summed E-state index contributed by atoms with van der Waals surface area (Å²) in [5.41, 5.74) is 5.88. The second-order valence-electron chi connectivity index (χ2n) is 7.23. The fourth-order valence-electron chi connectivity index (χ4n) is 3.71. The van der Waals surface area contributed by atoms with E-state index in [1.165, 1.54) is 0 Å². The van der Waals surface area contributed by atoms with E-state index in [1.807, 2.05) is 36.5 Å². The first-order valence-corrected chi connectivity index (χ1v) is 10.6. The second kappa shape index (κ2) is 7.73. The largest absolute Gasteiger partial charge is 0.306 e. The standard InChI is InChI=1S/C23H20N4OS/c28-23-19-14-27(13-16-6-7-20(24-12-16)18-9-11-29-15-18)10-8-21(19)25-22(26-23)17-4-2-1-3-5-17/h1-7,9,11-12,15H,8,10,13-14H2,(H,25,26,28). The molecule has 4 aromatic rings. The Balaban J connectivity index is 1.33. The third kappa shape index (κ3) is 3.77. The average molecular weight is 401 g/mol. The lowest BCUT2D eigenvalue weighted by Crippen LogP contribution is -2.35. The molecule has 144 valence electrons.